The van der Waals surface area contributed by atoms with Gasteiger partial charge >= 0.3 is 12.1 Å². The molecular weight excluding hydrogens is 330 g/mol. The molecule has 0 saturated heterocycles. The molecule has 0 aromatic heterocycles. The molecule has 0 heterocycles. The number of carbonyl (C=O) groups excluding carboxylic acids is 2. The van der Waals surface area contributed by atoms with E-state index >= 15 is 0 Å². The minimum atomic E-state index is -0.517. The molecule has 0 bridgehead atoms. The van der Waals surface area contributed by atoms with Crippen LogP contribution >= 0.6 is 0 Å². The molecule has 5 heteroatoms. The van der Waals surface area contributed by atoms with Gasteiger partial charge in [0.15, 0.2) is 0 Å². The summed E-state index contributed by atoms with van der Waals surface area (Å²) in [6.45, 7) is 10.0. The molecule has 1 aromatic carbocycles. The summed E-state index contributed by atoms with van der Waals surface area (Å²) in [7, 11) is 0. The summed E-state index contributed by atoms with van der Waals surface area (Å²) in [5, 5.41) is 2.83. The van der Waals surface area contributed by atoms with Crippen molar-refractivity contribution in [1.29, 1.82) is 0 Å². The molecule has 0 radical (unpaired) electrons. The van der Waals surface area contributed by atoms with E-state index in [1.165, 1.54) is 6.42 Å². The normalized spacial score (nSPS) is 19.1. The van der Waals surface area contributed by atoms with Gasteiger partial charge in [-0.3, -0.25) is 4.79 Å². The van der Waals surface area contributed by atoms with Gasteiger partial charge in [0.25, 0.3) is 0 Å². The lowest BCUT2D eigenvalue weighted by molar-refractivity contribution is -0.149. The van der Waals surface area contributed by atoms with Crippen LogP contribution in [0.15, 0.2) is 30.3 Å². The first kappa shape index (κ1) is 22.0. The minimum absolute atomic E-state index is 0.0286. The number of amides is 1. The molecule has 1 aliphatic rings. The maximum atomic E-state index is 12.1. The quantitative estimate of drug-likeness (QED) is 0.778. The predicted octanol–water partition coefficient (Wildman–Crippen LogP) is 4.84. The highest BCUT2D eigenvalue weighted by atomic mass is 16.6. The van der Waals surface area contributed by atoms with Gasteiger partial charge in [0.05, 0.1) is 5.92 Å². The molecule has 1 amide bonds. The topological polar surface area (TPSA) is 64.6 Å². The lowest BCUT2D eigenvalue weighted by atomic mass is 10.1. The van der Waals surface area contributed by atoms with Crippen molar-refractivity contribution in [2.24, 2.45) is 5.92 Å². The van der Waals surface area contributed by atoms with Crippen molar-refractivity contribution in [3.05, 3.63) is 35.9 Å². The van der Waals surface area contributed by atoms with Gasteiger partial charge < -0.3 is 14.8 Å². The lowest BCUT2D eigenvalue weighted by Gasteiger charge is -2.21. The van der Waals surface area contributed by atoms with Crippen LogP contribution in [0.25, 0.3) is 0 Å². The van der Waals surface area contributed by atoms with Gasteiger partial charge in [-0.2, -0.15) is 0 Å². The summed E-state index contributed by atoms with van der Waals surface area (Å²) in [5.41, 5.74) is 0.457. The Balaban J connectivity index is 0.00000105. The Morgan fingerprint density at radius 1 is 1.12 bits per heavy atom. The highest BCUT2D eigenvalue weighted by Gasteiger charge is 2.32. The van der Waals surface area contributed by atoms with E-state index in [2.05, 4.69) is 19.2 Å². The van der Waals surface area contributed by atoms with Crippen molar-refractivity contribution >= 4 is 12.1 Å². The van der Waals surface area contributed by atoms with Gasteiger partial charge in [0, 0.05) is 6.04 Å². The molecule has 1 aromatic rings. The first-order valence-corrected chi connectivity index (χ1v) is 9.45. The number of benzene rings is 1. The van der Waals surface area contributed by atoms with Crippen LogP contribution in [0, 0.1) is 5.92 Å². The third kappa shape index (κ3) is 8.88. The van der Waals surface area contributed by atoms with Gasteiger partial charge in [-0.25, -0.2) is 4.79 Å². The SMILES string of the molecule is CC(C)(C)OC(=O)N[C@@H]1CC[C@H](C(=O)OCc2ccccc2)C1.CCC. The Kier molecular flexibility index (Phi) is 9.17. The number of hydrogen-bond donors (Lipinski definition) is 1. The van der Waals surface area contributed by atoms with Crippen LogP contribution in [0.1, 0.15) is 65.9 Å². The van der Waals surface area contributed by atoms with E-state index in [4.69, 9.17) is 9.47 Å². The largest absolute Gasteiger partial charge is 0.461 e. The van der Waals surface area contributed by atoms with Crippen molar-refractivity contribution in [3.63, 3.8) is 0 Å². The van der Waals surface area contributed by atoms with Crippen LogP contribution in [0.4, 0.5) is 4.79 Å². The number of esters is 1. The van der Waals surface area contributed by atoms with Gasteiger partial charge in [-0.05, 0) is 45.6 Å². The van der Waals surface area contributed by atoms with E-state index in [1.807, 2.05) is 51.1 Å². The van der Waals surface area contributed by atoms with Gasteiger partial charge in [-0.1, -0.05) is 50.6 Å². The number of rotatable bonds is 4. The third-order valence-corrected chi connectivity index (χ3v) is 3.71. The average molecular weight is 363 g/mol. The van der Waals surface area contributed by atoms with E-state index in [0.29, 0.717) is 13.0 Å². The molecule has 1 N–H and O–H groups in total. The van der Waals surface area contributed by atoms with Crippen molar-refractivity contribution in [2.45, 2.75) is 78.6 Å². The maximum Gasteiger partial charge on any atom is 0.407 e. The Morgan fingerprint density at radius 2 is 1.73 bits per heavy atom. The Labute approximate surface area is 157 Å². The van der Waals surface area contributed by atoms with Crippen LogP contribution in [-0.4, -0.2) is 23.7 Å². The van der Waals surface area contributed by atoms with Crippen LogP contribution in [-0.2, 0) is 20.9 Å². The molecule has 0 aliphatic heterocycles. The number of carbonyl (C=O) groups is 2. The Bertz CT molecular complexity index is 551. The van der Waals surface area contributed by atoms with Crippen LogP contribution < -0.4 is 5.32 Å². The summed E-state index contributed by atoms with van der Waals surface area (Å²) in [6, 6.07) is 9.58. The molecule has 26 heavy (non-hydrogen) atoms. The van der Waals surface area contributed by atoms with Crippen molar-refractivity contribution in [1.82, 2.24) is 5.32 Å². The molecule has 1 aliphatic carbocycles. The van der Waals surface area contributed by atoms with Crippen molar-refractivity contribution in [2.75, 3.05) is 0 Å². The second kappa shape index (κ2) is 10.8. The Hall–Kier alpha value is -2.04. The number of ether oxygens (including phenoxy) is 2. The molecular formula is C21H33NO4. The van der Waals surface area contributed by atoms with Crippen LogP contribution in [0.2, 0.25) is 0 Å². The zero-order chi connectivity index (χ0) is 19.6. The fraction of sp³-hybridized carbons (Fsp3) is 0.619. The summed E-state index contributed by atoms with van der Waals surface area (Å²) < 4.78 is 10.6. The van der Waals surface area contributed by atoms with E-state index < -0.39 is 11.7 Å². The van der Waals surface area contributed by atoms with E-state index in [1.54, 1.807) is 0 Å². The monoisotopic (exact) mass is 363 g/mol. The minimum Gasteiger partial charge on any atom is -0.461 e. The van der Waals surface area contributed by atoms with Crippen LogP contribution in [0.5, 0.6) is 0 Å². The Morgan fingerprint density at radius 3 is 2.31 bits per heavy atom. The molecule has 1 fully saturated rings. The smallest absolute Gasteiger partial charge is 0.407 e. The highest BCUT2D eigenvalue weighted by Crippen LogP contribution is 2.27. The molecule has 146 valence electrons. The summed E-state index contributed by atoms with van der Waals surface area (Å²) in [6.07, 6.45) is 2.92. The number of hydrogen-bond acceptors (Lipinski definition) is 4. The van der Waals surface area contributed by atoms with Gasteiger partial charge in [0.1, 0.15) is 12.2 Å². The fourth-order valence-electron chi connectivity index (χ4n) is 2.65. The second-order valence-corrected chi connectivity index (χ2v) is 7.65. The number of alkyl carbamates (subject to hydrolysis) is 1. The molecule has 2 rings (SSSR count). The first-order chi connectivity index (χ1) is 12.2. The maximum absolute atomic E-state index is 12.1. The average Bonchev–Trinajstić information content (AvgIpc) is 3.01. The van der Waals surface area contributed by atoms with E-state index in [0.717, 1.165) is 18.4 Å². The second-order valence-electron chi connectivity index (χ2n) is 7.65. The molecule has 0 unspecified atom stereocenters. The first-order valence-electron chi connectivity index (χ1n) is 9.45. The highest BCUT2D eigenvalue weighted by molar-refractivity contribution is 5.73. The van der Waals surface area contributed by atoms with Crippen molar-refractivity contribution in [3.8, 4) is 0 Å². The molecule has 1 saturated carbocycles. The standard InChI is InChI=1S/C18H25NO4.C3H8/c1-18(2,3)23-17(21)19-15-10-9-14(11-15)16(20)22-12-13-7-5-4-6-8-13;1-3-2/h4-8,14-15H,9-12H2,1-3H3,(H,19,21);3H2,1-2H3/t14-,15+;/m0./s1. The van der Waals surface area contributed by atoms with E-state index in [9.17, 15) is 9.59 Å². The van der Waals surface area contributed by atoms with E-state index in [-0.39, 0.29) is 17.9 Å². The van der Waals surface area contributed by atoms with Gasteiger partial charge in [0.2, 0.25) is 0 Å². The molecule has 2 atom stereocenters. The molecule has 0 spiro atoms. The summed E-state index contributed by atoms with van der Waals surface area (Å²) >= 11 is 0. The lowest BCUT2D eigenvalue weighted by Crippen LogP contribution is -2.38. The van der Waals surface area contributed by atoms with Gasteiger partial charge in [-0.15, -0.1) is 0 Å². The summed E-state index contributed by atoms with van der Waals surface area (Å²) in [4.78, 5) is 23.9. The number of nitrogens with one attached hydrogen (secondary N) is 1. The van der Waals surface area contributed by atoms with Crippen LogP contribution in [0.3, 0.4) is 0 Å². The predicted molar refractivity (Wildman–Crippen MR) is 103 cm³/mol. The fourth-order valence-corrected chi connectivity index (χ4v) is 2.65. The third-order valence-electron chi connectivity index (χ3n) is 3.71. The molecule has 5 nitrogen and oxygen atoms in total. The zero-order valence-corrected chi connectivity index (χ0v) is 16.7. The summed E-state index contributed by atoms with van der Waals surface area (Å²) in [5.74, 6) is -0.346. The van der Waals surface area contributed by atoms with Crippen molar-refractivity contribution < 1.29 is 19.1 Å². The zero-order valence-electron chi connectivity index (χ0n) is 16.7.